The van der Waals surface area contributed by atoms with Crippen LogP contribution in [0.4, 0.5) is 5.95 Å². The fraction of sp³-hybridized carbons (Fsp3) is 0.571. The molecule has 0 aliphatic heterocycles. The van der Waals surface area contributed by atoms with Crippen LogP contribution in [0.15, 0.2) is 18.3 Å². The summed E-state index contributed by atoms with van der Waals surface area (Å²) in [6.45, 7) is 7.08. The van der Waals surface area contributed by atoms with Gasteiger partial charge in [-0.05, 0) is 31.4 Å². The molecule has 2 heterocycles. The standard InChI is InChI=1S/C14H22N4O/c1-4-14(5-2,10-19)9-15-13-16-12-11(3)7-6-8-18(12)17-13/h6-8,19H,4-5,9-10H2,1-3H3,(H,15,17). The molecular formula is C14H22N4O. The van der Waals surface area contributed by atoms with Crippen molar-refractivity contribution in [2.45, 2.75) is 33.6 Å². The third kappa shape index (κ3) is 2.71. The largest absolute Gasteiger partial charge is 0.396 e. The van der Waals surface area contributed by atoms with Gasteiger partial charge in [0.15, 0.2) is 5.65 Å². The summed E-state index contributed by atoms with van der Waals surface area (Å²) in [5.74, 6) is 0.619. The summed E-state index contributed by atoms with van der Waals surface area (Å²) in [6.07, 6.45) is 3.75. The van der Waals surface area contributed by atoms with E-state index in [1.54, 1.807) is 4.52 Å². The van der Waals surface area contributed by atoms with Gasteiger partial charge in [-0.3, -0.25) is 0 Å². The third-order valence-electron chi connectivity index (χ3n) is 4.01. The Balaban J connectivity index is 2.16. The minimum Gasteiger partial charge on any atom is -0.396 e. The lowest BCUT2D eigenvalue weighted by Gasteiger charge is -2.29. The van der Waals surface area contributed by atoms with Crippen molar-refractivity contribution in [3.63, 3.8) is 0 Å². The van der Waals surface area contributed by atoms with E-state index < -0.39 is 0 Å². The third-order valence-corrected chi connectivity index (χ3v) is 4.01. The molecule has 0 bridgehead atoms. The minimum atomic E-state index is -0.0907. The smallest absolute Gasteiger partial charge is 0.243 e. The highest BCUT2D eigenvalue weighted by Gasteiger charge is 2.25. The van der Waals surface area contributed by atoms with Crippen LogP contribution in [-0.2, 0) is 0 Å². The molecule has 0 aliphatic rings. The van der Waals surface area contributed by atoms with Crippen LogP contribution in [-0.4, -0.2) is 32.9 Å². The maximum atomic E-state index is 9.55. The van der Waals surface area contributed by atoms with Gasteiger partial charge in [-0.15, -0.1) is 5.10 Å². The van der Waals surface area contributed by atoms with Crippen molar-refractivity contribution < 1.29 is 5.11 Å². The Morgan fingerprint density at radius 3 is 2.68 bits per heavy atom. The van der Waals surface area contributed by atoms with Crippen molar-refractivity contribution in [1.82, 2.24) is 14.6 Å². The van der Waals surface area contributed by atoms with Crippen molar-refractivity contribution >= 4 is 11.6 Å². The van der Waals surface area contributed by atoms with E-state index in [2.05, 4.69) is 29.2 Å². The second kappa shape index (κ2) is 5.57. The summed E-state index contributed by atoms with van der Waals surface area (Å²) >= 11 is 0. The normalized spacial score (nSPS) is 12.0. The number of anilines is 1. The van der Waals surface area contributed by atoms with E-state index in [1.807, 2.05) is 25.3 Å². The maximum absolute atomic E-state index is 9.55. The second-order valence-corrected chi connectivity index (χ2v) is 5.11. The number of nitrogens with one attached hydrogen (secondary N) is 1. The monoisotopic (exact) mass is 262 g/mol. The first-order valence-electron chi connectivity index (χ1n) is 6.81. The molecule has 0 spiro atoms. The van der Waals surface area contributed by atoms with Crippen LogP contribution in [0, 0.1) is 12.3 Å². The molecule has 0 amide bonds. The number of fused-ring (bicyclic) bond motifs is 1. The summed E-state index contributed by atoms with van der Waals surface area (Å²) in [6, 6.07) is 3.97. The van der Waals surface area contributed by atoms with Crippen LogP contribution in [0.5, 0.6) is 0 Å². The Labute approximate surface area is 113 Å². The molecule has 0 aliphatic carbocycles. The van der Waals surface area contributed by atoms with Crippen LogP contribution >= 0.6 is 0 Å². The predicted molar refractivity (Wildman–Crippen MR) is 76.3 cm³/mol. The predicted octanol–water partition coefficient (Wildman–Crippen LogP) is 2.25. The van der Waals surface area contributed by atoms with Gasteiger partial charge in [0.05, 0.1) is 6.61 Å². The van der Waals surface area contributed by atoms with E-state index >= 15 is 0 Å². The Kier molecular flexibility index (Phi) is 4.04. The fourth-order valence-corrected chi connectivity index (χ4v) is 2.16. The molecule has 104 valence electrons. The average molecular weight is 262 g/mol. The highest BCUT2D eigenvalue weighted by atomic mass is 16.3. The average Bonchev–Trinajstić information content (AvgIpc) is 2.86. The molecule has 0 unspecified atom stereocenters. The number of aryl methyl sites for hydroxylation is 1. The summed E-state index contributed by atoms with van der Waals surface area (Å²) in [7, 11) is 0. The van der Waals surface area contributed by atoms with E-state index in [1.165, 1.54) is 0 Å². The minimum absolute atomic E-state index is 0.0907. The fourth-order valence-electron chi connectivity index (χ4n) is 2.16. The summed E-state index contributed by atoms with van der Waals surface area (Å²) < 4.78 is 1.77. The number of aromatic nitrogens is 3. The molecule has 2 aromatic heterocycles. The zero-order valence-corrected chi connectivity index (χ0v) is 11.8. The topological polar surface area (TPSA) is 62.5 Å². The number of pyridine rings is 1. The lowest BCUT2D eigenvalue weighted by molar-refractivity contribution is 0.127. The number of nitrogens with zero attached hydrogens (tertiary/aromatic N) is 3. The molecule has 5 heteroatoms. The Hall–Kier alpha value is -1.62. The van der Waals surface area contributed by atoms with Gasteiger partial charge in [0.1, 0.15) is 0 Å². The van der Waals surface area contributed by atoms with Crippen LogP contribution in [0.1, 0.15) is 32.3 Å². The number of rotatable bonds is 6. The molecule has 0 aromatic carbocycles. The highest BCUT2D eigenvalue weighted by molar-refractivity contribution is 5.49. The first kappa shape index (κ1) is 13.8. The summed E-state index contributed by atoms with van der Waals surface area (Å²) in [4.78, 5) is 4.48. The van der Waals surface area contributed by atoms with Crippen LogP contribution in [0.25, 0.3) is 5.65 Å². The molecule has 0 saturated heterocycles. The van der Waals surface area contributed by atoms with E-state index in [0.717, 1.165) is 24.1 Å². The Morgan fingerprint density at radius 1 is 1.37 bits per heavy atom. The number of aliphatic hydroxyl groups excluding tert-OH is 1. The van der Waals surface area contributed by atoms with Gasteiger partial charge in [-0.1, -0.05) is 19.9 Å². The molecule has 0 radical (unpaired) electrons. The molecule has 0 atom stereocenters. The van der Waals surface area contributed by atoms with Crippen molar-refractivity contribution in [2.75, 3.05) is 18.5 Å². The second-order valence-electron chi connectivity index (χ2n) is 5.11. The van der Waals surface area contributed by atoms with Crippen molar-refractivity contribution in [3.8, 4) is 0 Å². The SMILES string of the molecule is CCC(CC)(CO)CNc1nc2c(C)cccn2n1. The molecule has 0 fully saturated rings. The summed E-state index contributed by atoms with van der Waals surface area (Å²) in [5, 5.41) is 17.2. The molecular weight excluding hydrogens is 240 g/mol. The number of hydrogen-bond donors (Lipinski definition) is 2. The van der Waals surface area contributed by atoms with Gasteiger partial charge < -0.3 is 10.4 Å². The van der Waals surface area contributed by atoms with Gasteiger partial charge in [0.25, 0.3) is 0 Å². The zero-order valence-electron chi connectivity index (χ0n) is 11.8. The molecule has 0 saturated carbocycles. The van der Waals surface area contributed by atoms with Gasteiger partial charge in [-0.25, -0.2) is 4.52 Å². The highest BCUT2D eigenvalue weighted by Crippen LogP contribution is 2.25. The molecule has 2 aromatic rings. The molecule has 5 nitrogen and oxygen atoms in total. The zero-order chi connectivity index (χ0) is 13.9. The first-order chi connectivity index (χ1) is 9.14. The maximum Gasteiger partial charge on any atom is 0.243 e. The van der Waals surface area contributed by atoms with Gasteiger partial charge in [-0.2, -0.15) is 4.98 Å². The number of hydrogen-bond acceptors (Lipinski definition) is 4. The van der Waals surface area contributed by atoms with E-state index in [0.29, 0.717) is 12.5 Å². The van der Waals surface area contributed by atoms with Crippen molar-refractivity contribution in [2.24, 2.45) is 5.41 Å². The lowest BCUT2D eigenvalue weighted by atomic mass is 9.83. The van der Waals surface area contributed by atoms with Crippen LogP contribution in [0.2, 0.25) is 0 Å². The lowest BCUT2D eigenvalue weighted by Crippen LogP contribution is -2.32. The van der Waals surface area contributed by atoms with E-state index in [4.69, 9.17) is 0 Å². The number of aliphatic hydroxyl groups is 1. The van der Waals surface area contributed by atoms with Crippen molar-refractivity contribution in [3.05, 3.63) is 23.9 Å². The Bertz CT molecular complexity index is 537. The summed E-state index contributed by atoms with van der Waals surface area (Å²) in [5.41, 5.74) is 1.88. The van der Waals surface area contributed by atoms with E-state index in [9.17, 15) is 5.11 Å². The van der Waals surface area contributed by atoms with Crippen LogP contribution in [0.3, 0.4) is 0 Å². The van der Waals surface area contributed by atoms with Gasteiger partial charge >= 0.3 is 0 Å². The molecule has 2 N–H and O–H groups in total. The molecule has 19 heavy (non-hydrogen) atoms. The van der Waals surface area contributed by atoms with Crippen LogP contribution < -0.4 is 5.32 Å². The quantitative estimate of drug-likeness (QED) is 0.838. The Morgan fingerprint density at radius 2 is 2.11 bits per heavy atom. The van der Waals surface area contributed by atoms with E-state index in [-0.39, 0.29) is 12.0 Å². The van der Waals surface area contributed by atoms with Crippen molar-refractivity contribution in [1.29, 1.82) is 0 Å². The van der Waals surface area contributed by atoms with Gasteiger partial charge in [0.2, 0.25) is 5.95 Å². The molecule has 2 rings (SSSR count). The first-order valence-corrected chi connectivity index (χ1v) is 6.81. The van der Waals surface area contributed by atoms with Gasteiger partial charge in [0, 0.05) is 18.2 Å².